The molecule has 0 heterocycles. The number of aliphatic hydroxyl groups is 1. The Kier molecular flexibility index (Phi) is 71.6. The predicted octanol–water partition coefficient (Wildman–Crippen LogP) is 23.0. The standard InChI is InChI=1S/C85H138O17P2/c1-5-9-13-17-21-25-29-33-36-39-42-46-49-53-57-61-65-69-82(87)95-75-80(101-84(89)71-67-63-59-55-51-45-32-28-24-20-16-12-8-4)77-99-103(91,92)97-73-79(86)74-98-104(93,94)100-78-81(102-85(90)72-68-64-60-56-52-48-44-41-38-35-31-27-23-19-15-11-7-3)76-96-83(88)70-66-62-58-54-50-47-43-40-37-34-30-26-22-18-14-10-6-2/h9-11,13-15,21-23,25-28,32-38,42-44,46-48,54,58,79-81,86H,5-8,12,16-20,24,29-31,39-41,45,49-53,55-57,59-78H2,1-4H3,(H,91,92)(H,93,94)/b13-9-,14-10-,15-11-,25-21-,26-22-,27-23-,32-28-,36-33-,37-34-,38-35-,46-42-,47-43-,48-44-,58-54-. The molecule has 0 amide bonds. The first kappa shape index (κ1) is 98.4. The highest BCUT2D eigenvalue weighted by Crippen LogP contribution is 2.45. The van der Waals surface area contributed by atoms with Gasteiger partial charge in [-0.25, -0.2) is 9.13 Å². The molecule has 0 spiro atoms. The molecule has 0 rings (SSSR count). The van der Waals surface area contributed by atoms with Gasteiger partial charge in [0.1, 0.15) is 19.3 Å². The molecule has 0 bridgehead atoms. The lowest BCUT2D eigenvalue weighted by atomic mass is 10.1. The van der Waals surface area contributed by atoms with Gasteiger partial charge in [-0.15, -0.1) is 0 Å². The van der Waals surface area contributed by atoms with Gasteiger partial charge in [0.15, 0.2) is 12.2 Å². The topological polar surface area (TPSA) is 237 Å². The van der Waals surface area contributed by atoms with E-state index in [9.17, 15) is 43.2 Å². The largest absolute Gasteiger partial charge is 0.472 e. The third-order valence-electron chi connectivity index (χ3n) is 15.7. The van der Waals surface area contributed by atoms with E-state index in [0.29, 0.717) is 32.1 Å². The molecule has 17 nitrogen and oxygen atoms in total. The zero-order valence-corrected chi connectivity index (χ0v) is 66.2. The smallest absolute Gasteiger partial charge is 0.462 e. The molecular formula is C85H138O17P2. The average Bonchev–Trinajstić information content (AvgIpc) is 0.910. The van der Waals surface area contributed by atoms with Crippen LogP contribution in [0.4, 0.5) is 0 Å². The van der Waals surface area contributed by atoms with E-state index in [2.05, 4.69) is 186 Å². The van der Waals surface area contributed by atoms with Crippen LogP contribution in [0.3, 0.4) is 0 Å². The van der Waals surface area contributed by atoms with Crippen molar-refractivity contribution in [1.82, 2.24) is 0 Å². The van der Waals surface area contributed by atoms with Gasteiger partial charge in [0.25, 0.3) is 0 Å². The summed E-state index contributed by atoms with van der Waals surface area (Å²) < 4.78 is 68.5. The minimum absolute atomic E-state index is 0.0478. The second-order valence-corrected chi connectivity index (χ2v) is 28.4. The first-order chi connectivity index (χ1) is 50.7. The van der Waals surface area contributed by atoms with Gasteiger partial charge in [-0.3, -0.25) is 37.3 Å². The van der Waals surface area contributed by atoms with Crippen molar-refractivity contribution in [2.45, 2.75) is 303 Å². The number of rotatable bonds is 72. The Hall–Kier alpha value is -5.58. The molecule has 0 aromatic rings. The van der Waals surface area contributed by atoms with Crippen LogP contribution in [0.5, 0.6) is 0 Å². The summed E-state index contributed by atoms with van der Waals surface area (Å²) in [5, 5.41) is 10.6. The summed E-state index contributed by atoms with van der Waals surface area (Å²) in [7, 11) is -10.0. The molecular weight excluding hydrogens is 1350 g/mol. The first-order valence-electron chi connectivity index (χ1n) is 39.4. The molecule has 19 heteroatoms. The SMILES string of the molecule is CC/C=C\C/C=C\C/C=C\C/C=C\C/C=C\CCCC(=O)OCC(COP(=O)(O)OCC(O)COP(=O)(O)OCC(COC(=O)CCCCCC/C=C\C/C=C\C/C=C\C/C=C\CC)OC(=O)CCCCCCC/C=C\CCCCCC)OC(=O)CCCCCC/C=C\C/C=C\C/C=C\C/C=C\CC. The van der Waals surface area contributed by atoms with E-state index in [1.165, 1.54) is 25.7 Å². The Labute approximate surface area is 629 Å². The fourth-order valence-corrected chi connectivity index (χ4v) is 11.3. The van der Waals surface area contributed by atoms with Crippen LogP contribution in [-0.2, 0) is 65.4 Å². The van der Waals surface area contributed by atoms with Crippen LogP contribution in [0.2, 0.25) is 0 Å². The third-order valence-corrected chi connectivity index (χ3v) is 17.6. The van der Waals surface area contributed by atoms with Crippen LogP contribution in [0.1, 0.15) is 285 Å². The summed E-state index contributed by atoms with van der Waals surface area (Å²) in [6.07, 6.45) is 89.1. The van der Waals surface area contributed by atoms with E-state index in [0.717, 1.165) is 173 Å². The molecule has 5 atom stereocenters. The minimum Gasteiger partial charge on any atom is -0.462 e. The molecule has 0 fully saturated rings. The number of unbranched alkanes of at least 4 members (excludes halogenated alkanes) is 18. The number of allylic oxidation sites excluding steroid dienone is 28. The number of aliphatic hydroxyl groups excluding tert-OH is 1. The van der Waals surface area contributed by atoms with E-state index in [4.69, 9.17) is 37.0 Å². The number of carbonyl (C=O) groups excluding carboxylic acids is 4. The van der Waals surface area contributed by atoms with Crippen molar-refractivity contribution in [3.8, 4) is 0 Å². The average molecular weight is 1490 g/mol. The van der Waals surface area contributed by atoms with Gasteiger partial charge in [-0.1, -0.05) is 262 Å². The number of esters is 4. The van der Waals surface area contributed by atoms with Crippen LogP contribution in [0, 0.1) is 0 Å². The number of phosphoric acid groups is 2. The zero-order chi connectivity index (χ0) is 76.0. The van der Waals surface area contributed by atoms with Gasteiger partial charge in [-0.2, -0.15) is 0 Å². The van der Waals surface area contributed by atoms with Crippen LogP contribution in [0.15, 0.2) is 170 Å². The van der Waals surface area contributed by atoms with Gasteiger partial charge in [0.2, 0.25) is 0 Å². The molecule has 104 heavy (non-hydrogen) atoms. The highest BCUT2D eigenvalue weighted by molar-refractivity contribution is 7.47. The molecule has 0 aromatic carbocycles. The van der Waals surface area contributed by atoms with Crippen molar-refractivity contribution in [2.75, 3.05) is 39.6 Å². The minimum atomic E-state index is -5.01. The summed E-state index contributed by atoms with van der Waals surface area (Å²) in [5.74, 6) is -2.32. The molecule has 0 aliphatic heterocycles. The monoisotopic (exact) mass is 1490 g/mol. The lowest BCUT2D eigenvalue weighted by molar-refractivity contribution is -0.161. The van der Waals surface area contributed by atoms with E-state index in [1.54, 1.807) is 0 Å². The Morgan fingerprint density at radius 1 is 0.279 bits per heavy atom. The number of hydrogen-bond donors (Lipinski definition) is 3. The lowest BCUT2D eigenvalue weighted by Gasteiger charge is -2.21. The molecule has 0 aliphatic carbocycles. The van der Waals surface area contributed by atoms with Crippen LogP contribution in [-0.4, -0.2) is 96.7 Å². The fraction of sp³-hybridized carbons (Fsp3) is 0.624. The second kappa shape index (κ2) is 75.6. The summed E-state index contributed by atoms with van der Waals surface area (Å²) in [6.45, 7) is 4.37. The summed E-state index contributed by atoms with van der Waals surface area (Å²) in [6, 6.07) is 0. The first-order valence-corrected chi connectivity index (χ1v) is 42.4. The molecule has 5 unspecified atom stereocenters. The van der Waals surface area contributed by atoms with Gasteiger partial charge in [0.05, 0.1) is 26.4 Å². The highest BCUT2D eigenvalue weighted by atomic mass is 31.2. The quantitative estimate of drug-likeness (QED) is 0.0169. The molecule has 0 saturated carbocycles. The van der Waals surface area contributed by atoms with Crippen molar-refractivity contribution in [2.24, 2.45) is 0 Å². The Morgan fingerprint density at radius 2 is 0.510 bits per heavy atom. The van der Waals surface area contributed by atoms with Gasteiger partial charge >= 0.3 is 39.5 Å². The van der Waals surface area contributed by atoms with Gasteiger partial charge in [-0.05, 0) is 167 Å². The van der Waals surface area contributed by atoms with Gasteiger partial charge < -0.3 is 33.8 Å². The molecule has 0 saturated heterocycles. The van der Waals surface area contributed by atoms with Crippen molar-refractivity contribution < 1.29 is 80.2 Å². The normalized spacial score (nSPS) is 14.8. The van der Waals surface area contributed by atoms with Crippen LogP contribution < -0.4 is 0 Å². The molecule has 3 N–H and O–H groups in total. The fourth-order valence-electron chi connectivity index (χ4n) is 9.76. The summed E-state index contributed by atoms with van der Waals surface area (Å²) in [5.41, 5.74) is 0. The van der Waals surface area contributed by atoms with Crippen molar-refractivity contribution >= 4 is 39.5 Å². The molecule has 0 radical (unpaired) electrons. The second-order valence-electron chi connectivity index (χ2n) is 25.5. The van der Waals surface area contributed by atoms with Crippen LogP contribution in [0.25, 0.3) is 0 Å². The Balaban J connectivity index is 5.47. The third kappa shape index (κ3) is 74.7. The number of ether oxygens (including phenoxy) is 4. The zero-order valence-electron chi connectivity index (χ0n) is 64.4. The van der Waals surface area contributed by atoms with Crippen LogP contribution >= 0.6 is 15.6 Å². The summed E-state index contributed by atoms with van der Waals surface area (Å²) in [4.78, 5) is 73.0. The van der Waals surface area contributed by atoms with E-state index in [-0.39, 0.29) is 25.7 Å². The van der Waals surface area contributed by atoms with Crippen molar-refractivity contribution in [3.05, 3.63) is 170 Å². The number of carbonyl (C=O) groups is 4. The number of hydrogen-bond acceptors (Lipinski definition) is 15. The van der Waals surface area contributed by atoms with Gasteiger partial charge in [0, 0.05) is 25.7 Å². The van der Waals surface area contributed by atoms with Crippen molar-refractivity contribution in [1.29, 1.82) is 0 Å². The molecule has 590 valence electrons. The predicted molar refractivity (Wildman–Crippen MR) is 426 cm³/mol. The maximum absolute atomic E-state index is 13.1. The van der Waals surface area contributed by atoms with Crippen molar-refractivity contribution in [3.63, 3.8) is 0 Å². The molecule has 0 aliphatic rings. The lowest BCUT2D eigenvalue weighted by Crippen LogP contribution is -2.30. The summed E-state index contributed by atoms with van der Waals surface area (Å²) >= 11 is 0. The molecule has 0 aromatic heterocycles. The maximum Gasteiger partial charge on any atom is 0.472 e. The Morgan fingerprint density at radius 3 is 0.817 bits per heavy atom. The Bertz CT molecular complexity index is 2640. The number of phosphoric ester groups is 2. The van der Waals surface area contributed by atoms with E-state index >= 15 is 0 Å². The maximum atomic E-state index is 13.1. The van der Waals surface area contributed by atoms with E-state index in [1.807, 2.05) is 12.2 Å². The highest BCUT2D eigenvalue weighted by Gasteiger charge is 2.30. The van der Waals surface area contributed by atoms with E-state index < -0.39 is 97.5 Å².